The fraction of sp³-hybridized carbons (Fsp3) is 0.125. The number of hydrogen-bond donors (Lipinski definition) is 1. The van der Waals surface area contributed by atoms with E-state index in [1.54, 1.807) is 25.4 Å². The zero-order chi connectivity index (χ0) is 14.1. The van der Waals surface area contributed by atoms with Gasteiger partial charge in [0.1, 0.15) is 22.7 Å². The van der Waals surface area contributed by atoms with Gasteiger partial charge in [-0.2, -0.15) is 0 Å². The second-order valence-corrected chi connectivity index (χ2v) is 4.54. The van der Waals surface area contributed by atoms with Crippen molar-refractivity contribution in [2.24, 2.45) is 0 Å². The van der Waals surface area contributed by atoms with Crippen molar-refractivity contribution in [1.82, 2.24) is 9.97 Å². The van der Waals surface area contributed by atoms with Crippen LogP contribution in [0.2, 0.25) is 0 Å². The van der Waals surface area contributed by atoms with Crippen molar-refractivity contribution in [3.8, 4) is 22.8 Å². The predicted molar refractivity (Wildman–Crippen MR) is 77.9 cm³/mol. The molecule has 3 aromatic rings. The minimum absolute atomic E-state index is 0.152. The average Bonchev–Trinajstić information content (AvgIpc) is 2.46. The molecule has 1 N–H and O–H groups in total. The Morgan fingerprint density at radius 3 is 2.70 bits per heavy atom. The number of pyridine rings is 2. The third-order valence-electron chi connectivity index (χ3n) is 3.22. The van der Waals surface area contributed by atoms with Crippen LogP contribution in [0, 0.1) is 6.92 Å². The molecule has 0 fully saturated rings. The highest BCUT2D eigenvalue weighted by molar-refractivity contribution is 5.98. The number of ether oxygens (including phenoxy) is 1. The van der Waals surface area contributed by atoms with E-state index in [2.05, 4.69) is 9.97 Å². The van der Waals surface area contributed by atoms with Crippen LogP contribution in [0.15, 0.2) is 42.6 Å². The molecule has 4 heteroatoms. The summed E-state index contributed by atoms with van der Waals surface area (Å²) in [6.45, 7) is 1.93. The molecule has 0 radical (unpaired) electrons. The van der Waals surface area contributed by atoms with E-state index in [0.717, 1.165) is 22.2 Å². The lowest BCUT2D eigenvalue weighted by Gasteiger charge is -2.11. The molecular weight excluding hydrogens is 252 g/mol. The summed E-state index contributed by atoms with van der Waals surface area (Å²) < 4.78 is 5.36. The van der Waals surface area contributed by atoms with Crippen LogP contribution in [0.4, 0.5) is 0 Å². The van der Waals surface area contributed by atoms with Crippen molar-refractivity contribution >= 4 is 10.9 Å². The largest absolute Gasteiger partial charge is 0.506 e. The Bertz CT molecular complexity index is 785. The summed E-state index contributed by atoms with van der Waals surface area (Å²) in [5.41, 5.74) is 3.07. The molecule has 3 rings (SSSR count). The van der Waals surface area contributed by atoms with Crippen LogP contribution in [0.5, 0.6) is 11.5 Å². The number of hydrogen-bond acceptors (Lipinski definition) is 4. The first-order valence-corrected chi connectivity index (χ1v) is 6.29. The van der Waals surface area contributed by atoms with E-state index >= 15 is 0 Å². The molecule has 0 saturated carbocycles. The number of methoxy groups -OCH3 is 1. The van der Waals surface area contributed by atoms with Gasteiger partial charge >= 0.3 is 0 Å². The van der Waals surface area contributed by atoms with Gasteiger partial charge in [-0.1, -0.05) is 6.07 Å². The maximum Gasteiger partial charge on any atom is 0.145 e. The van der Waals surface area contributed by atoms with E-state index in [1.807, 2.05) is 31.2 Å². The molecule has 2 aromatic heterocycles. The van der Waals surface area contributed by atoms with Crippen molar-refractivity contribution in [2.45, 2.75) is 6.92 Å². The van der Waals surface area contributed by atoms with Crippen molar-refractivity contribution in [3.05, 3.63) is 48.3 Å². The molecule has 20 heavy (non-hydrogen) atoms. The zero-order valence-electron chi connectivity index (χ0n) is 11.3. The molecule has 0 bridgehead atoms. The van der Waals surface area contributed by atoms with Crippen LogP contribution in [0.25, 0.3) is 22.2 Å². The number of rotatable bonds is 2. The van der Waals surface area contributed by atoms with Crippen LogP contribution < -0.4 is 4.74 Å². The van der Waals surface area contributed by atoms with E-state index in [1.165, 1.54) is 0 Å². The second kappa shape index (κ2) is 4.81. The Morgan fingerprint density at radius 2 is 1.95 bits per heavy atom. The third-order valence-corrected chi connectivity index (χ3v) is 3.22. The number of aryl methyl sites for hydroxylation is 1. The molecule has 0 aliphatic rings. The highest BCUT2D eigenvalue weighted by Crippen LogP contribution is 2.35. The van der Waals surface area contributed by atoms with E-state index in [4.69, 9.17) is 4.74 Å². The molecule has 1 aromatic carbocycles. The van der Waals surface area contributed by atoms with Crippen LogP contribution in [0.3, 0.4) is 0 Å². The van der Waals surface area contributed by atoms with Gasteiger partial charge < -0.3 is 9.84 Å². The molecule has 0 unspecified atom stereocenters. The maximum absolute atomic E-state index is 9.99. The number of aromatic hydroxyl groups is 1. The number of fused-ring (bicyclic) bond motifs is 1. The number of benzene rings is 1. The van der Waals surface area contributed by atoms with Gasteiger partial charge in [0.15, 0.2) is 0 Å². The molecular formula is C16H14N2O2. The summed E-state index contributed by atoms with van der Waals surface area (Å²) in [5.74, 6) is 0.863. The highest BCUT2D eigenvalue weighted by atomic mass is 16.5. The van der Waals surface area contributed by atoms with Gasteiger partial charge in [-0.3, -0.25) is 4.98 Å². The van der Waals surface area contributed by atoms with Crippen LogP contribution in [0.1, 0.15) is 5.69 Å². The SMILES string of the molecule is COc1ccc(-c2ncccc2O)c2ccc(C)nc12. The molecule has 0 spiro atoms. The second-order valence-electron chi connectivity index (χ2n) is 4.54. The summed E-state index contributed by atoms with van der Waals surface area (Å²) >= 11 is 0. The third kappa shape index (κ3) is 1.95. The van der Waals surface area contributed by atoms with Crippen molar-refractivity contribution in [2.75, 3.05) is 7.11 Å². The summed E-state index contributed by atoms with van der Waals surface area (Å²) in [7, 11) is 1.62. The van der Waals surface area contributed by atoms with E-state index in [-0.39, 0.29) is 5.75 Å². The molecule has 0 aliphatic carbocycles. The Kier molecular flexibility index (Phi) is 2.99. The monoisotopic (exact) mass is 266 g/mol. The number of nitrogens with zero attached hydrogens (tertiary/aromatic N) is 2. The van der Waals surface area contributed by atoms with Crippen molar-refractivity contribution in [3.63, 3.8) is 0 Å². The Hall–Kier alpha value is -2.62. The van der Waals surface area contributed by atoms with Gasteiger partial charge in [0.25, 0.3) is 0 Å². The fourth-order valence-corrected chi connectivity index (χ4v) is 2.27. The molecule has 0 aliphatic heterocycles. The minimum Gasteiger partial charge on any atom is -0.506 e. The van der Waals surface area contributed by atoms with E-state index in [0.29, 0.717) is 11.4 Å². The first-order valence-electron chi connectivity index (χ1n) is 6.29. The van der Waals surface area contributed by atoms with Gasteiger partial charge in [-0.05, 0) is 37.3 Å². The summed E-state index contributed by atoms with van der Waals surface area (Å²) in [6.07, 6.45) is 1.66. The lowest BCUT2D eigenvalue weighted by molar-refractivity contribution is 0.419. The topological polar surface area (TPSA) is 55.2 Å². The zero-order valence-corrected chi connectivity index (χ0v) is 11.3. The standard InChI is InChI=1S/C16H14N2O2/c1-10-5-6-12-11(15-13(19)4-3-9-17-15)7-8-14(20-2)16(12)18-10/h3-9,19H,1-2H3. The van der Waals surface area contributed by atoms with E-state index < -0.39 is 0 Å². The first kappa shape index (κ1) is 12.4. The van der Waals surface area contributed by atoms with Gasteiger partial charge in [-0.15, -0.1) is 0 Å². The smallest absolute Gasteiger partial charge is 0.145 e. The Labute approximate surface area is 116 Å². The lowest BCUT2D eigenvalue weighted by Crippen LogP contribution is -1.93. The van der Waals surface area contributed by atoms with E-state index in [9.17, 15) is 5.11 Å². The summed E-state index contributed by atoms with van der Waals surface area (Å²) in [4.78, 5) is 8.79. The fourth-order valence-electron chi connectivity index (χ4n) is 2.27. The molecule has 100 valence electrons. The lowest BCUT2D eigenvalue weighted by atomic mass is 10.0. The number of aromatic nitrogens is 2. The average molecular weight is 266 g/mol. The minimum atomic E-state index is 0.152. The summed E-state index contributed by atoms with van der Waals surface area (Å²) in [5, 5.41) is 10.9. The predicted octanol–water partition coefficient (Wildman–Crippen LogP) is 3.32. The van der Waals surface area contributed by atoms with Gasteiger partial charge in [0.2, 0.25) is 0 Å². The van der Waals surface area contributed by atoms with Crippen LogP contribution in [-0.4, -0.2) is 22.2 Å². The first-order chi connectivity index (χ1) is 9.70. The molecule has 0 amide bonds. The van der Waals surface area contributed by atoms with Gasteiger partial charge in [-0.25, -0.2) is 4.98 Å². The van der Waals surface area contributed by atoms with Crippen LogP contribution in [-0.2, 0) is 0 Å². The summed E-state index contributed by atoms with van der Waals surface area (Å²) in [6, 6.07) is 11.0. The van der Waals surface area contributed by atoms with Crippen molar-refractivity contribution < 1.29 is 9.84 Å². The Morgan fingerprint density at radius 1 is 1.10 bits per heavy atom. The molecule has 2 heterocycles. The quantitative estimate of drug-likeness (QED) is 0.773. The Balaban J connectivity index is 2.36. The normalized spacial score (nSPS) is 10.7. The van der Waals surface area contributed by atoms with Crippen LogP contribution >= 0.6 is 0 Å². The van der Waals surface area contributed by atoms with Gasteiger partial charge in [0.05, 0.1) is 7.11 Å². The molecule has 4 nitrogen and oxygen atoms in total. The molecule has 0 atom stereocenters. The highest BCUT2D eigenvalue weighted by Gasteiger charge is 2.13. The van der Waals surface area contributed by atoms with Crippen molar-refractivity contribution in [1.29, 1.82) is 0 Å². The maximum atomic E-state index is 9.99. The van der Waals surface area contributed by atoms with Gasteiger partial charge in [0, 0.05) is 22.8 Å². The molecule has 0 saturated heterocycles.